The largest absolute Gasteiger partial charge is 0.339 e. The summed E-state index contributed by atoms with van der Waals surface area (Å²) in [6, 6.07) is 17.0. The van der Waals surface area contributed by atoms with Gasteiger partial charge in [-0.05, 0) is 56.3 Å². The Bertz CT molecular complexity index is 829. The van der Waals surface area contributed by atoms with Gasteiger partial charge in [0.15, 0.2) is 0 Å². The molecule has 1 saturated carbocycles. The van der Waals surface area contributed by atoms with Crippen LogP contribution in [0.1, 0.15) is 61.0 Å². The number of anilines is 1. The second-order valence-corrected chi connectivity index (χ2v) is 8.16. The van der Waals surface area contributed by atoms with Crippen molar-refractivity contribution in [3.8, 4) is 0 Å². The van der Waals surface area contributed by atoms with Gasteiger partial charge in [0, 0.05) is 24.3 Å². The van der Waals surface area contributed by atoms with Crippen molar-refractivity contribution >= 4 is 17.5 Å². The molecule has 5 heteroatoms. The molecule has 0 spiro atoms. The molecule has 1 aliphatic rings. The summed E-state index contributed by atoms with van der Waals surface area (Å²) >= 11 is 0. The van der Waals surface area contributed by atoms with E-state index in [4.69, 9.17) is 0 Å². The third-order valence-corrected chi connectivity index (χ3v) is 6.15. The molecule has 0 saturated heterocycles. The maximum Gasteiger partial charge on any atom is 0.253 e. The Hall–Kier alpha value is -2.66. The molecular formula is C25H33N3O2. The van der Waals surface area contributed by atoms with Crippen molar-refractivity contribution in [3.63, 3.8) is 0 Å². The predicted octanol–water partition coefficient (Wildman–Crippen LogP) is 4.72. The Morgan fingerprint density at radius 2 is 1.60 bits per heavy atom. The molecule has 1 aliphatic carbocycles. The maximum atomic E-state index is 13.0. The van der Waals surface area contributed by atoms with Gasteiger partial charge >= 0.3 is 0 Å². The zero-order valence-electron chi connectivity index (χ0n) is 18.3. The van der Waals surface area contributed by atoms with Gasteiger partial charge in [-0.1, -0.05) is 56.5 Å². The summed E-state index contributed by atoms with van der Waals surface area (Å²) in [4.78, 5) is 29.7. The Labute approximate surface area is 180 Å². The van der Waals surface area contributed by atoms with E-state index in [0.29, 0.717) is 17.3 Å². The lowest BCUT2D eigenvalue weighted by atomic mass is 9.94. The number of nitrogens with zero attached hydrogens (tertiary/aromatic N) is 2. The third kappa shape index (κ3) is 5.28. The number of hydrogen-bond donors (Lipinski definition) is 1. The SMILES string of the molecule is CCN(C)C(C(=O)Nc1ccc(C(=O)N(C)C2CCCCC2)cc1)c1ccccc1. The highest BCUT2D eigenvalue weighted by Gasteiger charge is 2.25. The molecule has 30 heavy (non-hydrogen) atoms. The lowest BCUT2D eigenvalue weighted by Gasteiger charge is -2.31. The van der Waals surface area contributed by atoms with E-state index in [2.05, 4.69) is 5.32 Å². The second-order valence-electron chi connectivity index (χ2n) is 8.16. The number of hydrogen-bond acceptors (Lipinski definition) is 3. The molecule has 160 valence electrons. The van der Waals surface area contributed by atoms with Crippen molar-refractivity contribution in [2.24, 2.45) is 0 Å². The van der Waals surface area contributed by atoms with Gasteiger partial charge in [-0.25, -0.2) is 0 Å². The zero-order valence-corrected chi connectivity index (χ0v) is 18.3. The summed E-state index contributed by atoms with van der Waals surface area (Å²) in [5.41, 5.74) is 2.31. The lowest BCUT2D eigenvalue weighted by molar-refractivity contribution is -0.121. The van der Waals surface area contributed by atoms with Crippen molar-refractivity contribution in [1.29, 1.82) is 0 Å². The van der Waals surface area contributed by atoms with Gasteiger partial charge in [0.1, 0.15) is 6.04 Å². The van der Waals surface area contributed by atoms with Crippen LogP contribution in [0.4, 0.5) is 5.69 Å². The molecule has 1 N–H and O–H groups in total. The minimum atomic E-state index is -0.366. The van der Waals surface area contributed by atoms with E-state index in [1.807, 2.05) is 73.3 Å². The molecule has 3 rings (SSSR count). The summed E-state index contributed by atoms with van der Waals surface area (Å²) in [6.45, 7) is 2.79. The molecule has 0 bridgehead atoms. The lowest BCUT2D eigenvalue weighted by Crippen LogP contribution is -2.38. The molecule has 1 unspecified atom stereocenters. The first-order valence-electron chi connectivity index (χ1n) is 10.9. The van der Waals surface area contributed by atoms with Crippen LogP contribution in [0.3, 0.4) is 0 Å². The molecule has 0 heterocycles. The average Bonchev–Trinajstić information content (AvgIpc) is 2.80. The maximum absolute atomic E-state index is 13.0. The molecule has 0 aliphatic heterocycles. The number of nitrogens with one attached hydrogen (secondary N) is 1. The van der Waals surface area contributed by atoms with Crippen LogP contribution in [0.15, 0.2) is 54.6 Å². The molecule has 0 radical (unpaired) electrons. The van der Waals surface area contributed by atoms with Crippen LogP contribution in [0.2, 0.25) is 0 Å². The average molecular weight is 408 g/mol. The van der Waals surface area contributed by atoms with Crippen LogP contribution >= 0.6 is 0 Å². The first-order valence-corrected chi connectivity index (χ1v) is 10.9. The highest BCUT2D eigenvalue weighted by molar-refractivity contribution is 5.97. The molecule has 5 nitrogen and oxygen atoms in total. The van der Waals surface area contributed by atoms with E-state index >= 15 is 0 Å². The number of carbonyl (C=O) groups excluding carboxylic acids is 2. The molecule has 2 amide bonds. The van der Waals surface area contributed by atoms with Crippen LogP contribution in [-0.2, 0) is 4.79 Å². The molecule has 2 aromatic carbocycles. The topological polar surface area (TPSA) is 52.7 Å². The fourth-order valence-electron chi connectivity index (χ4n) is 4.17. The van der Waals surface area contributed by atoms with E-state index in [9.17, 15) is 9.59 Å². The standard InChI is InChI=1S/C25H33N3O2/c1-4-27(2)23(19-11-7-5-8-12-19)24(29)26-21-17-15-20(16-18-21)25(30)28(3)22-13-9-6-10-14-22/h5,7-8,11-12,15-18,22-23H,4,6,9-10,13-14H2,1-3H3,(H,26,29). The Kier molecular flexibility index (Phi) is 7.63. The highest BCUT2D eigenvalue weighted by atomic mass is 16.2. The van der Waals surface area contributed by atoms with Crippen LogP contribution in [0.5, 0.6) is 0 Å². The molecule has 0 aromatic heterocycles. The van der Waals surface area contributed by atoms with Crippen LogP contribution in [0, 0.1) is 0 Å². The van der Waals surface area contributed by atoms with Gasteiger partial charge in [0.05, 0.1) is 0 Å². The number of benzene rings is 2. The molecule has 1 atom stereocenters. The van der Waals surface area contributed by atoms with Gasteiger partial charge < -0.3 is 10.2 Å². The van der Waals surface area contributed by atoms with Crippen molar-refractivity contribution < 1.29 is 9.59 Å². The van der Waals surface area contributed by atoms with E-state index in [-0.39, 0.29) is 17.9 Å². The van der Waals surface area contributed by atoms with Crippen molar-refractivity contribution in [3.05, 3.63) is 65.7 Å². The molecule has 1 fully saturated rings. The monoisotopic (exact) mass is 407 g/mol. The molecular weight excluding hydrogens is 374 g/mol. The van der Waals surface area contributed by atoms with Crippen LogP contribution in [-0.4, -0.2) is 48.3 Å². The van der Waals surface area contributed by atoms with Gasteiger partial charge in [-0.15, -0.1) is 0 Å². The molecule has 2 aromatic rings. The Balaban J connectivity index is 1.68. The summed E-state index contributed by atoms with van der Waals surface area (Å²) in [5.74, 6) is -0.0309. The normalized spacial score (nSPS) is 15.6. The zero-order chi connectivity index (χ0) is 21.5. The van der Waals surface area contributed by atoms with Gasteiger partial charge in [0.25, 0.3) is 5.91 Å². The highest BCUT2D eigenvalue weighted by Crippen LogP contribution is 2.24. The van der Waals surface area contributed by atoms with Gasteiger partial charge in [-0.3, -0.25) is 14.5 Å². The minimum absolute atomic E-state index is 0.0488. The summed E-state index contributed by atoms with van der Waals surface area (Å²) in [5, 5.41) is 3.01. The third-order valence-electron chi connectivity index (χ3n) is 6.15. The predicted molar refractivity (Wildman–Crippen MR) is 122 cm³/mol. The van der Waals surface area contributed by atoms with Gasteiger partial charge in [-0.2, -0.15) is 0 Å². The first kappa shape index (κ1) is 22.0. The Morgan fingerprint density at radius 1 is 0.967 bits per heavy atom. The fourth-order valence-corrected chi connectivity index (χ4v) is 4.17. The van der Waals surface area contributed by atoms with Crippen LogP contribution < -0.4 is 5.32 Å². The first-order chi connectivity index (χ1) is 14.5. The van der Waals surface area contributed by atoms with E-state index in [0.717, 1.165) is 24.9 Å². The number of rotatable bonds is 7. The minimum Gasteiger partial charge on any atom is -0.339 e. The van der Waals surface area contributed by atoms with Crippen molar-refractivity contribution in [1.82, 2.24) is 9.80 Å². The second kappa shape index (κ2) is 10.4. The number of carbonyl (C=O) groups is 2. The quantitative estimate of drug-likeness (QED) is 0.722. The van der Waals surface area contributed by atoms with Crippen molar-refractivity contribution in [2.75, 3.05) is 26.0 Å². The summed E-state index contributed by atoms with van der Waals surface area (Å²) in [6.07, 6.45) is 5.83. The summed E-state index contributed by atoms with van der Waals surface area (Å²) in [7, 11) is 3.85. The van der Waals surface area contributed by atoms with Crippen LogP contribution in [0.25, 0.3) is 0 Å². The van der Waals surface area contributed by atoms with Crippen molar-refractivity contribution in [2.45, 2.75) is 51.1 Å². The van der Waals surface area contributed by atoms with Gasteiger partial charge in [0.2, 0.25) is 5.91 Å². The number of amides is 2. The van der Waals surface area contributed by atoms with E-state index < -0.39 is 0 Å². The summed E-state index contributed by atoms with van der Waals surface area (Å²) < 4.78 is 0. The number of likely N-dealkylation sites (N-methyl/N-ethyl adjacent to an activating group) is 1. The van der Waals surface area contributed by atoms with E-state index in [1.165, 1.54) is 19.3 Å². The smallest absolute Gasteiger partial charge is 0.253 e. The Morgan fingerprint density at radius 3 is 2.20 bits per heavy atom. The fraction of sp³-hybridized carbons (Fsp3) is 0.440. The van der Waals surface area contributed by atoms with E-state index in [1.54, 1.807) is 12.1 Å².